The lowest BCUT2D eigenvalue weighted by Gasteiger charge is -2.38. The number of fused-ring (bicyclic) bond motifs is 1. The molecule has 1 fully saturated rings. The van der Waals surface area contributed by atoms with Gasteiger partial charge in [0.2, 0.25) is 10.0 Å². The van der Waals surface area contributed by atoms with Crippen LogP contribution in [0.1, 0.15) is 18.4 Å². The second-order valence-corrected chi connectivity index (χ2v) is 9.13. The van der Waals surface area contributed by atoms with Crippen LogP contribution in [-0.4, -0.2) is 35.3 Å². The van der Waals surface area contributed by atoms with Crippen LogP contribution in [-0.2, 0) is 20.2 Å². The first-order valence-corrected chi connectivity index (χ1v) is 11.2. The molecule has 3 aromatic carbocycles. The second kappa shape index (κ2) is 8.14. The molecule has 1 N–H and O–H groups in total. The van der Waals surface area contributed by atoms with Crippen LogP contribution in [0.25, 0.3) is 10.8 Å². The zero-order valence-electron chi connectivity index (χ0n) is 16.4. The summed E-state index contributed by atoms with van der Waals surface area (Å²) in [6.45, 7) is 1.48. The van der Waals surface area contributed by atoms with E-state index in [2.05, 4.69) is 4.72 Å². The number of hydrogen-bond acceptors (Lipinski definition) is 4. The summed E-state index contributed by atoms with van der Waals surface area (Å²) in [5.74, 6) is 0.777. The van der Waals surface area contributed by atoms with Gasteiger partial charge in [0.1, 0.15) is 5.75 Å². The highest BCUT2D eigenvalue weighted by Gasteiger charge is 2.38. The minimum Gasteiger partial charge on any atom is -0.496 e. The number of rotatable bonds is 6. The quantitative estimate of drug-likeness (QED) is 0.669. The van der Waals surface area contributed by atoms with Crippen LogP contribution in [0.2, 0.25) is 0 Å². The lowest BCUT2D eigenvalue weighted by molar-refractivity contribution is 0.0509. The number of hydrogen-bond donors (Lipinski definition) is 1. The first-order chi connectivity index (χ1) is 14.1. The van der Waals surface area contributed by atoms with Crippen molar-refractivity contribution in [2.45, 2.75) is 23.2 Å². The summed E-state index contributed by atoms with van der Waals surface area (Å²) < 4.78 is 40.5. The molecule has 0 aliphatic carbocycles. The molecule has 1 aliphatic rings. The predicted molar refractivity (Wildman–Crippen MR) is 114 cm³/mol. The summed E-state index contributed by atoms with van der Waals surface area (Å²) in [6.07, 6.45) is 1.46. The van der Waals surface area contributed by atoms with E-state index in [0.717, 1.165) is 34.9 Å². The van der Waals surface area contributed by atoms with E-state index >= 15 is 0 Å². The number of para-hydroxylation sites is 1. The fourth-order valence-electron chi connectivity index (χ4n) is 4.13. The van der Waals surface area contributed by atoms with Crippen LogP contribution >= 0.6 is 0 Å². The molecule has 0 aromatic heterocycles. The van der Waals surface area contributed by atoms with Gasteiger partial charge in [-0.25, -0.2) is 13.1 Å². The third kappa shape index (κ3) is 3.88. The fourth-order valence-corrected chi connectivity index (χ4v) is 5.48. The summed E-state index contributed by atoms with van der Waals surface area (Å²) in [7, 11) is -2.04. The highest BCUT2D eigenvalue weighted by atomic mass is 32.2. The Labute approximate surface area is 171 Å². The molecule has 0 unspecified atom stereocenters. The lowest BCUT2D eigenvalue weighted by atomic mass is 9.74. The maximum absolute atomic E-state index is 13.2. The zero-order valence-corrected chi connectivity index (χ0v) is 17.2. The molecule has 0 saturated carbocycles. The highest BCUT2D eigenvalue weighted by molar-refractivity contribution is 7.89. The molecule has 1 aliphatic heterocycles. The molecule has 1 saturated heterocycles. The summed E-state index contributed by atoms with van der Waals surface area (Å²) in [4.78, 5) is 0.304. The van der Waals surface area contributed by atoms with E-state index < -0.39 is 10.0 Å². The monoisotopic (exact) mass is 411 g/mol. The Morgan fingerprint density at radius 1 is 0.966 bits per heavy atom. The smallest absolute Gasteiger partial charge is 0.241 e. The molecule has 0 spiro atoms. The van der Waals surface area contributed by atoms with Crippen molar-refractivity contribution < 1.29 is 17.9 Å². The molecule has 5 nitrogen and oxygen atoms in total. The van der Waals surface area contributed by atoms with Gasteiger partial charge in [0.15, 0.2) is 0 Å². The number of sulfonamides is 1. The third-order valence-electron chi connectivity index (χ3n) is 5.77. The van der Waals surface area contributed by atoms with Crippen molar-refractivity contribution in [1.29, 1.82) is 0 Å². The van der Waals surface area contributed by atoms with Crippen molar-refractivity contribution in [2.75, 3.05) is 26.9 Å². The first kappa shape index (κ1) is 19.9. The topological polar surface area (TPSA) is 64.6 Å². The minimum absolute atomic E-state index is 0.294. The van der Waals surface area contributed by atoms with Gasteiger partial charge < -0.3 is 9.47 Å². The Kier molecular flexibility index (Phi) is 5.58. The van der Waals surface area contributed by atoms with E-state index in [0.29, 0.717) is 24.7 Å². The molecular weight excluding hydrogens is 386 g/mol. The van der Waals surface area contributed by atoms with E-state index in [1.165, 1.54) is 0 Å². The Morgan fingerprint density at radius 3 is 2.45 bits per heavy atom. The summed E-state index contributed by atoms with van der Waals surface area (Å²) in [6, 6.07) is 20.7. The maximum Gasteiger partial charge on any atom is 0.241 e. The first-order valence-electron chi connectivity index (χ1n) is 9.74. The maximum atomic E-state index is 13.2. The van der Waals surface area contributed by atoms with Crippen molar-refractivity contribution in [3.8, 4) is 5.75 Å². The van der Waals surface area contributed by atoms with Gasteiger partial charge in [-0.15, -0.1) is 0 Å². The van der Waals surface area contributed by atoms with Gasteiger partial charge in [-0.2, -0.15) is 0 Å². The van der Waals surface area contributed by atoms with Crippen molar-refractivity contribution in [3.63, 3.8) is 0 Å². The van der Waals surface area contributed by atoms with Gasteiger partial charge >= 0.3 is 0 Å². The van der Waals surface area contributed by atoms with Crippen LogP contribution in [0, 0.1) is 0 Å². The van der Waals surface area contributed by atoms with Gasteiger partial charge in [0, 0.05) is 36.1 Å². The molecule has 3 aromatic rings. The summed E-state index contributed by atoms with van der Waals surface area (Å²) in [5.41, 5.74) is 0.647. The Morgan fingerprint density at radius 2 is 1.66 bits per heavy atom. The minimum atomic E-state index is -3.68. The average Bonchev–Trinajstić information content (AvgIpc) is 2.78. The van der Waals surface area contributed by atoms with E-state index in [1.54, 1.807) is 19.2 Å². The molecule has 6 heteroatoms. The predicted octanol–water partition coefficient (Wildman–Crippen LogP) is 3.88. The van der Waals surface area contributed by atoms with Gasteiger partial charge in [0.25, 0.3) is 0 Å². The number of ether oxygens (including phenoxy) is 2. The fraction of sp³-hybridized carbons (Fsp3) is 0.304. The van der Waals surface area contributed by atoms with Crippen LogP contribution < -0.4 is 9.46 Å². The zero-order chi connectivity index (χ0) is 20.3. The molecule has 0 atom stereocenters. The van der Waals surface area contributed by atoms with Crippen LogP contribution in [0.15, 0.2) is 71.6 Å². The van der Waals surface area contributed by atoms with E-state index in [4.69, 9.17) is 9.47 Å². The van der Waals surface area contributed by atoms with Gasteiger partial charge in [-0.05, 0) is 30.4 Å². The third-order valence-corrected chi connectivity index (χ3v) is 7.23. The molecule has 0 amide bonds. The average molecular weight is 412 g/mol. The van der Waals surface area contributed by atoms with Crippen molar-refractivity contribution in [1.82, 2.24) is 4.72 Å². The molecule has 4 rings (SSSR count). The Hall–Kier alpha value is -2.41. The van der Waals surface area contributed by atoms with Gasteiger partial charge in [0.05, 0.1) is 12.0 Å². The van der Waals surface area contributed by atoms with E-state index in [-0.39, 0.29) is 5.41 Å². The SMILES string of the molecule is COc1ccccc1C1(CNS(=O)(=O)c2cccc3ccccc23)CCOCC1. The number of methoxy groups -OCH3 is 1. The largest absolute Gasteiger partial charge is 0.496 e. The van der Waals surface area contributed by atoms with Gasteiger partial charge in [-0.1, -0.05) is 54.6 Å². The van der Waals surface area contributed by atoms with Crippen molar-refractivity contribution in [2.24, 2.45) is 0 Å². The van der Waals surface area contributed by atoms with Crippen LogP contribution in [0.5, 0.6) is 5.75 Å². The molecule has 0 bridgehead atoms. The number of nitrogens with one attached hydrogen (secondary N) is 1. The summed E-state index contributed by atoms with van der Waals surface area (Å²) in [5, 5.41) is 1.63. The Balaban J connectivity index is 1.69. The van der Waals surface area contributed by atoms with Crippen LogP contribution in [0.3, 0.4) is 0 Å². The van der Waals surface area contributed by atoms with Crippen LogP contribution in [0.4, 0.5) is 0 Å². The lowest BCUT2D eigenvalue weighted by Crippen LogP contribution is -2.44. The van der Waals surface area contributed by atoms with E-state index in [9.17, 15) is 8.42 Å². The molecule has 152 valence electrons. The molecule has 29 heavy (non-hydrogen) atoms. The van der Waals surface area contributed by atoms with E-state index in [1.807, 2.05) is 54.6 Å². The standard InChI is InChI=1S/C23H25NO4S/c1-27-21-11-5-4-10-20(21)23(13-15-28-16-14-23)17-24-29(25,26)22-12-6-8-18-7-2-3-9-19(18)22/h2-12,24H,13-17H2,1H3. The Bertz CT molecular complexity index is 1100. The molecule has 1 heterocycles. The van der Waals surface area contributed by atoms with Crippen molar-refractivity contribution >= 4 is 20.8 Å². The number of benzene rings is 3. The van der Waals surface area contributed by atoms with Gasteiger partial charge in [-0.3, -0.25) is 0 Å². The normalized spacial score (nSPS) is 16.6. The van der Waals surface area contributed by atoms with Crippen molar-refractivity contribution in [3.05, 3.63) is 72.3 Å². The second-order valence-electron chi connectivity index (χ2n) is 7.39. The molecule has 0 radical (unpaired) electrons. The summed E-state index contributed by atoms with van der Waals surface area (Å²) >= 11 is 0. The highest BCUT2D eigenvalue weighted by Crippen LogP contribution is 2.39. The molecular formula is C23H25NO4S.